The Bertz CT molecular complexity index is 468. The number of rotatable bonds is 4. The van der Waals surface area contributed by atoms with E-state index >= 15 is 0 Å². The first-order valence-corrected chi connectivity index (χ1v) is 5.63. The lowest BCUT2D eigenvalue weighted by molar-refractivity contribution is 0.336. The first-order valence-electron chi connectivity index (χ1n) is 5.63. The number of hydrogen-bond donors (Lipinski definition) is 1. The van der Waals surface area contributed by atoms with E-state index in [-0.39, 0.29) is 5.92 Å². The van der Waals surface area contributed by atoms with Crippen LogP contribution in [-0.4, -0.2) is 28.2 Å². The summed E-state index contributed by atoms with van der Waals surface area (Å²) in [5.41, 5.74) is 0.916. The highest BCUT2D eigenvalue weighted by Gasteiger charge is 2.19. The third-order valence-corrected chi connectivity index (χ3v) is 2.98. The van der Waals surface area contributed by atoms with Crippen molar-refractivity contribution in [3.8, 4) is 11.4 Å². The summed E-state index contributed by atoms with van der Waals surface area (Å²) in [5, 5.41) is 7.16. The van der Waals surface area contributed by atoms with Crippen LogP contribution in [0.15, 0.2) is 29.0 Å². The zero-order valence-corrected chi connectivity index (χ0v) is 10.2. The third-order valence-electron chi connectivity index (χ3n) is 2.98. The lowest BCUT2D eigenvalue weighted by Crippen LogP contribution is -2.27. The van der Waals surface area contributed by atoms with Crippen molar-refractivity contribution in [2.45, 2.75) is 25.8 Å². The fraction of sp³-hybridized carbons (Fsp3) is 0.417. The molecule has 2 atom stereocenters. The highest BCUT2D eigenvalue weighted by Crippen LogP contribution is 2.21. The van der Waals surface area contributed by atoms with Gasteiger partial charge < -0.3 is 9.84 Å². The maximum absolute atomic E-state index is 5.28. The Morgan fingerprint density at radius 1 is 1.24 bits per heavy atom. The van der Waals surface area contributed by atoms with Crippen molar-refractivity contribution in [2.75, 3.05) is 7.05 Å². The summed E-state index contributed by atoms with van der Waals surface area (Å²) >= 11 is 0. The molecular formula is C12H16N4O. The van der Waals surface area contributed by atoms with Gasteiger partial charge in [-0.3, -0.25) is 4.98 Å². The highest BCUT2D eigenvalue weighted by molar-refractivity contribution is 5.52. The smallest absolute Gasteiger partial charge is 0.231 e. The zero-order valence-electron chi connectivity index (χ0n) is 10.2. The molecule has 17 heavy (non-hydrogen) atoms. The molecule has 0 radical (unpaired) electrons. The largest absolute Gasteiger partial charge is 0.339 e. The topological polar surface area (TPSA) is 63.8 Å². The van der Waals surface area contributed by atoms with Gasteiger partial charge in [0.05, 0.1) is 5.92 Å². The van der Waals surface area contributed by atoms with E-state index in [4.69, 9.17) is 4.52 Å². The van der Waals surface area contributed by atoms with E-state index < -0.39 is 0 Å². The van der Waals surface area contributed by atoms with Crippen LogP contribution in [0.2, 0.25) is 0 Å². The quantitative estimate of drug-likeness (QED) is 0.871. The van der Waals surface area contributed by atoms with Crippen LogP contribution in [0.5, 0.6) is 0 Å². The fourth-order valence-corrected chi connectivity index (χ4v) is 1.50. The Kier molecular flexibility index (Phi) is 3.49. The number of nitrogens with one attached hydrogen (secondary N) is 1. The highest BCUT2D eigenvalue weighted by atomic mass is 16.5. The molecule has 0 fully saturated rings. The Morgan fingerprint density at radius 2 is 1.94 bits per heavy atom. The predicted molar refractivity (Wildman–Crippen MR) is 64.5 cm³/mol. The van der Waals surface area contributed by atoms with E-state index in [0.717, 1.165) is 5.56 Å². The van der Waals surface area contributed by atoms with Gasteiger partial charge in [-0.1, -0.05) is 12.1 Å². The van der Waals surface area contributed by atoms with Crippen LogP contribution in [0.25, 0.3) is 11.4 Å². The molecule has 1 N–H and O–H groups in total. The van der Waals surface area contributed by atoms with Gasteiger partial charge in [0.15, 0.2) is 0 Å². The molecule has 2 aromatic heterocycles. The van der Waals surface area contributed by atoms with Crippen molar-refractivity contribution >= 4 is 0 Å². The maximum Gasteiger partial charge on any atom is 0.231 e. The molecule has 0 aliphatic carbocycles. The molecule has 0 saturated carbocycles. The molecule has 0 bridgehead atoms. The Labute approximate surface area is 100 Å². The molecule has 0 amide bonds. The molecule has 2 unspecified atom stereocenters. The Balaban J connectivity index is 2.22. The van der Waals surface area contributed by atoms with Crippen LogP contribution in [0, 0.1) is 0 Å². The fourth-order valence-electron chi connectivity index (χ4n) is 1.50. The van der Waals surface area contributed by atoms with E-state index in [1.54, 1.807) is 12.4 Å². The van der Waals surface area contributed by atoms with Gasteiger partial charge in [0, 0.05) is 24.0 Å². The number of likely N-dealkylation sites (N-methyl/N-ethyl adjacent to an activating group) is 1. The number of hydrogen-bond acceptors (Lipinski definition) is 5. The summed E-state index contributed by atoms with van der Waals surface area (Å²) in [5.74, 6) is 1.44. The van der Waals surface area contributed by atoms with E-state index in [9.17, 15) is 0 Å². The Morgan fingerprint density at radius 3 is 2.59 bits per heavy atom. The summed E-state index contributed by atoms with van der Waals surface area (Å²) < 4.78 is 5.28. The van der Waals surface area contributed by atoms with E-state index in [0.29, 0.717) is 17.8 Å². The van der Waals surface area contributed by atoms with Crippen LogP contribution in [-0.2, 0) is 0 Å². The lowest BCUT2D eigenvalue weighted by Gasteiger charge is -2.14. The summed E-state index contributed by atoms with van der Waals surface area (Å²) in [6.45, 7) is 4.14. The molecule has 2 aromatic rings. The van der Waals surface area contributed by atoms with Crippen LogP contribution in [0.1, 0.15) is 25.7 Å². The lowest BCUT2D eigenvalue weighted by atomic mass is 10.0. The van der Waals surface area contributed by atoms with Gasteiger partial charge in [-0.25, -0.2) is 0 Å². The van der Waals surface area contributed by atoms with Crippen molar-refractivity contribution in [2.24, 2.45) is 0 Å². The first kappa shape index (κ1) is 11.7. The predicted octanol–water partition coefficient (Wildman–Crippen LogP) is 1.84. The molecule has 5 nitrogen and oxygen atoms in total. The SMILES string of the molecule is CNC(C)C(C)c1nc(-c2ccncc2)no1. The summed E-state index contributed by atoms with van der Waals surface area (Å²) in [4.78, 5) is 8.36. The van der Waals surface area contributed by atoms with Gasteiger partial charge in [0.1, 0.15) is 0 Å². The molecule has 0 saturated heterocycles. The molecule has 0 spiro atoms. The molecule has 5 heteroatoms. The van der Waals surface area contributed by atoms with Gasteiger partial charge in [-0.05, 0) is 26.1 Å². The average molecular weight is 232 g/mol. The number of nitrogens with zero attached hydrogens (tertiary/aromatic N) is 3. The summed E-state index contributed by atoms with van der Waals surface area (Å²) in [7, 11) is 1.92. The van der Waals surface area contributed by atoms with Crippen LogP contribution >= 0.6 is 0 Å². The summed E-state index contributed by atoms with van der Waals surface area (Å²) in [6.07, 6.45) is 3.43. The second kappa shape index (κ2) is 5.05. The van der Waals surface area contributed by atoms with Crippen molar-refractivity contribution in [3.63, 3.8) is 0 Å². The minimum atomic E-state index is 0.183. The van der Waals surface area contributed by atoms with E-state index in [1.807, 2.05) is 19.2 Å². The van der Waals surface area contributed by atoms with Crippen molar-refractivity contribution in [1.82, 2.24) is 20.4 Å². The number of pyridine rings is 1. The molecule has 0 aliphatic rings. The van der Waals surface area contributed by atoms with Gasteiger partial charge in [0.25, 0.3) is 0 Å². The molecular weight excluding hydrogens is 216 g/mol. The first-order chi connectivity index (χ1) is 8.22. The minimum absolute atomic E-state index is 0.183. The second-order valence-electron chi connectivity index (χ2n) is 4.06. The van der Waals surface area contributed by atoms with Crippen molar-refractivity contribution < 1.29 is 4.52 Å². The molecule has 0 aromatic carbocycles. The van der Waals surface area contributed by atoms with Gasteiger partial charge >= 0.3 is 0 Å². The van der Waals surface area contributed by atoms with Crippen LogP contribution in [0.4, 0.5) is 0 Å². The van der Waals surface area contributed by atoms with Gasteiger partial charge in [0.2, 0.25) is 11.7 Å². The summed E-state index contributed by atoms with van der Waals surface area (Å²) in [6, 6.07) is 4.02. The maximum atomic E-state index is 5.28. The molecule has 2 heterocycles. The Hall–Kier alpha value is -1.75. The molecule has 90 valence electrons. The normalized spacial score (nSPS) is 14.5. The van der Waals surface area contributed by atoms with Crippen LogP contribution < -0.4 is 5.32 Å². The average Bonchev–Trinajstić information content (AvgIpc) is 2.87. The molecule has 0 aliphatic heterocycles. The van der Waals surface area contributed by atoms with Gasteiger partial charge in [-0.2, -0.15) is 4.98 Å². The van der Waals surface area contributed by atoms with E-state index in [1.165, 1.54) is 0 Å². The van der Waals surface area contributed by atoms with Crippen LogP contribution in [0.3, 0.4) is 0 Å². The number of aromatic nitrogens is 3. The monoisotopic (exact) mass is 232 g/mol. The second-order valence-corrected chi connectivity index (χ2v) is 4.06. The zero-order chi connectivity index (χ0) is 12.3. The van der Waals surface area contributed by atoms with Crippen molar-refractivity contribution in [1.29, 1.82) is 0 Å². The van der Waals surface area contributed by atoms with E-state index in [2.05, 4.69) is 34.3 Å². The third kappa shape index (κ3) is 2.50. The van der Waals surface area contributed by atoms with Crippen molar-refractivity contribution in [3.05, 3.63) is 30.4 Å². The molecule has 2 rings (SSSR count). The standard InChI is InChI=1S/C12H16N4O/c1-8(9(2)13-3)12-15-11(16-17-12)10-4-6-14-7-5-10/h4-9,13H,1-3H3. The minimum Gasteiger partial charge on any atom is -0.339 e. The van der Waals surface area contributed by atoms with Gasteiger partial charge in [-0.15, -0.1) is 0 Å².